The molecule has 0 aliphatic carbocycles. The van der Waals surface area contributed by atoms with Gasteiger partial charge in [0.05, 0.1) is 22.3 Å². The van der Waals surface area contributed by atoms with Crippen molar-refractivity contribution in [3.8, 4) is 34.5 Å². The highest BCUT2D eigenvalue weighted by molar-refractivity contribution is 6.04. The number of hydrogen-bond acceptors (Lipinski definition) is 12. The fourth-order valence-corrected chi connectivity index (χ4v) is 4.72. The maximum atomic E-state index is 13.9. The van der Waals surface area contributed by atoms with Crippen LogP contribution < -0.4 is 23.8 Å². The molecule has 0 aliphatic heterocycles. The number of carbonyl (C=O) groups is 5. The number of carbonyl (C=O) groups excluding carboxylic acids is 5. The zero-order valence-electron chi connectivity index (χ0n) is 27.4. The highest BCUT2D eigenvalue weighted by Gasteiger charge is 2.39. The van der Waals surface area contributed by atoms with Gasteiger partial charge in [-0.3, -0.25) is 4.89 Å². The fraction of sp³-hybridized carbons (Fsp3) is 0. The van der Waals surface area contributed by atoms with Crippen molar-refractivity contribution in [1.82, 2.24) is 0 Å². The zero-order valence-corrected chi connectivity index (χ0v) is 27.4. The molecule has 0 aliphatic rings. The topological polar surface area (TPSA) is 161 Å². The van der Waals surface area contributed by atoms with Crippen LogP contribution >= 0.6 is 0 Å². The van der Waals surface area contributed by atoms with E-state index < -0.39 is 64.2 Å². The molecule has 0 bridgehead atoms. The lowest BCUT2D eigenvalue weighted by Gasteiger charge is -2.21. The average Bonchev–Trinajstić information content (AvgIpc) is 3.21. The minimum absolute atomic E-state index is 0.0183. The summed E-state index contributed by atoms with van der Waals surface area (Å²) >= 11 is 0. The fourth-order valence-electron chi connectivity index (χ4n) is 4.72. The van der Waals surface area contributed by atoms with Gasteiger partial charge in [0, 0.05) is 0 Å². The smallest absolute Gasteiger partial charge is 0.394 e. The molecule has 6 aromatic carbocycles. The number of ether oxygens (including phenoxy) is 4. The molecule has 0 spiro atoms. The third kappa shape index (κ3) is 8.36. The van der Waals surface area contributed by atoms with Crippen molar-refractivity contribution < 1.29 is 57.8 Å². The third-order valence-electron chi connectivity index (χ3n) is 7.28. The van der Waals surface area contributed by atoms with Crippen LogP contribution in [0.5, 0.6) is 34.5 Å². The standard InChI is InChI=1S/C41H26O12/c42-32-31(41(47)53-52-30-24-14-5-15-25-30)33(48-37(43)26-16-6-1-7-17-26)35(50-39(45)28-20-10-3-11-21-28)36(51-40(46)29-22-12-4-13-23-29)34(32)49-38(44)27-18-8-2-9-19-27/h1-25,42H. The number of hydrogen-bond donors (Lipinski definition) is 1. The molecule has 0 saturated heterocycles. The maximum Gasteiger partial charge on any atom is 0.394 e. The molecule has 1 N–H and O–H groups in total. The molecule has 6 aromatic rings. The molecular formula is C41H26O12. The van der Waals surface area contributed by atoms with Gasteiger partial charge in [0.1, 0.15) is 0 Å². The largest absolute Gasteiger partial charge is 0.503 e. The van der Waals surface area contributed by atoms with Crippen molar-refractivity contribution in [3.05, 3.63) is 179 Å². The lowest BCUT2D eigenvalue weighted by Crippen LogP contribution is -2.20. The Balaban J connectivity index is 1.59. The van der Waals surface area contributed by atoms with Crippen LogP contribution in [0.3, 0.4) is 0 Å². The molecule has 0 radical (unpaired) electrons. The predicted octanol–water partition coefficient (Wildman–Crippen LogP) is 7.42. The van der Waals surface area contributed by atoms with E-state index in [1.165, 1.54) is 97.1 Å². The first kappa shape index (κ1) is 35.1. The summed E-state index contributed by atoms with van der Waals surface area (Å²) in [4.78, 5) is 78.3. The highest BCUT2D eigenvalue weighted by atomic mass is 17.2. The van der Waals surface area contributed by atoms with Crippen molar-refractivity contribution in [3.63, 3.8) is 0 Å². The molecule has 0 amide bonds. The zero-order chi connectivity index (χ0) is 37.2. The number of benzene rings is 6. The number of esters is 4. The van der Waals surface area contributed by atoms with E-state index in [0.29, 0.717) is 0 Å². The van der Waals surface area contributed by atoms with Crippen LogP contribution in [0.25, 0.3) is 0 Å². The molecule has 12 heteroatoms. The van der Waals surface area contributed by atoms with Crippen LogP contribution in [0.15, 0.2) is 152 Å². The summed E-state index contributed by atoms with van der Waals surface area (Å²) in [6.45, 7) is 0. The van der Waals surface area contributed by atoms with Gasteiger partial charge in [-0.1, -0.05) is 91.0 Å². The summed E-state index contributed by atoms with van der Waals surface area (Å²) in [7, 11) is 0. The Morgan fingerprint density at radius 3 is 1.04 bits per heavy atom. The third-order valence-corrected chi connectivity index (χ3v) is 7.28. The second kappa shape index (κ2) is 16.3. The summed E-state index contributed by atoms with van der Waals surface area (Å²) in [6, 6.07) is 37.8. The summed E-state index contributed by atoms with van der Waals surface area (Å²) in [5.41, 5.74) is -1.10. The van der Waals surface area contributed by atoms with Crippen LogP contribution in [0, 0.1) is 0 Å². The van der Waals surface area contributed by atoms with Gasteiger partial charge in [0.2, 0.25) is 17.2 Å². The predicted molar refractivity (Wildman–Crippen MR) is 186 cm³/mol. The van der Waals surface area contributed by atoms with Gasteiger partial charge in [0.15, 0.2) is 22.8 Å². The minimum Gasteiger partial charge on any atom is -0.503 e. The Hall–Kier alpha value is -7.73. The van der Waals surface area contributed by atoms with E-state index >= 15 is 0 Å². The summed E-state index contributed by atoms with van der Waals surface area (Å²) in [5, 5.41) is 11.8. The molecule has 12 nitrogen and oxygen atoms in total. The van der Waals surface area contributed by atoms with E-state index in [2.05, 4.69) is 0 Å². The molecule has 0 unspecified atom stereocenters. The summed E-state index contributed by atoms with van der Waals surface area (Å²) < 4.78 is 22.7. The van der Waals surface area contributed by atoms with Crippen LogP contribution in [0.1, 0.15) is 51.8 Å². The van der Waals surface area contributed by atoms with Gasteiger partial charge in [-0.2, -0.15) is 0 Å². The Labute approximate surface area is 301 Å². The normalized spacial score (nSPS) is 10.3. The first-order valence-corrected chi connectivity index (χ1v) is 15.8. The maximum absolute atomic E-state index is 13.9. The molecule has 6 rings (SSSR count). The van der Waals surface area contributed by atoms with E-state index in [1.807, 2.05) is 0 Å². The molecular weight excluding hydrogens is 684 g/mol. The van der Waals surface area contributed by atoms with Gasteiger partial charge in [-0.25, -0.2) is 28.9 Å². The second-order valence-corrected chi connectivity index (χ2v) is 10.8. The van der Waals surface area contributed by atoms with E-state index in [9.17, 15) is 29.1 Å². The van der Waals surface area contributed by atoms with E-state index in [0.717, 1.165) is 0 Å². The SMILES string of the molecule is O=C(Oc1c(O)c(C(=O)OOc2ccccc2)c(OC(=O)c2ccccc2)c(OC(=O)c2ccccc2)c1OC(=O)c1ccccc1)c1ccccc1. The van der Waals surface area contributed by atoms with Gasteiger partial charge in [-0.15, -0.1) is 0 Å². The molecule has 0 heterocycles. The average molecular weight is 711 g/mol. The second-order valence-electron chi connectivity index (χ2n) is 10.8. The summed E-state index contributed by atoms with van der Waals surface area (Å²) in [5.74, 6) is -10.7. The van der Waals surface area contributed by atoms with E-state index in [-0.39, 0.29) is 28.0 Å². The van der Waals surface area contributed by atoms with Crippen LogP contribution in [-0.4, -0.2) is 35.0 Å². The Morgan fingerprint density at radius 2 is 0.660 bits per heavy atom. The summed E-state index contributed by atoms with van der Waals surface area (Å²) in [6.07, 6.45) is 0. The Kier molecular flexibility index (Phi) is 10.8. The lowest BCUT2D eigenvalue weighted by molar-refractivity contribution is -0.149. The Morgan fingerprint density at radius 1 is 0.358 bits per heavy atom. The van der Waals surface area contributed by atoms with Gasteiger partial charge < -0.3 is 24.1 Å². The van der Waals surface area contributed by atoms with Crippen molar-refractivity contribution >= 4 is 29.8 Å². The van der Waals surface area contributed by atoms with Crippen molar-refractivity contribution in [2.24, 2.45) is 0 Å². The van der Waals surface area contributed by atoms with Crippen molar-refractivity contribution in [2.45, 2.75) is 0 Å². The number of aromatic hydroxyl groups is 1. The number of phenols is 1. The molecule has 0 aromatic heterocycles. The molecule has 262 valence electrons. The molecule has 0 saturated carbocycles. The molecule has 0 fully saturated rings. The first-order valence-electron chi connectivity index (χ1n) is 15.8. The molecule has 0 atom stereocenters. The first-order chi connectivity index (χ1) is 25.8. The van der Waals surface area contributed by atoms with Crippen LogP contribution in [-0.2, 0) is 4.89 Å². The van der Waals surface area contributed by atoms with Crippen LogP contribution in [0.2, 0.25) is 0 Å². The van der Waals surface area contributed by atoms with Gasteiger partial charge in [0.25, 0.3) is 0 Å². The van der Waals surface area contributed by atoms with Crippen LogP contribution in [0.4, 0.5) is 0 Å². The van der Waals surface area contributed by atoms with Crippen molar-refractivity contribution in [1.29, 1.82) is 0 Å². The van der Waals surface area contributed by atoms with E-state index in [1.54, 1.807) is 54.6 Å². The van der Waals surface area contributed by atoms with E-state index in [4.69, 9.17) is 28.7 Å². The van der Waals surface area contributed by atoms with Gasteiger partial charge in [-0.05, 0) is 60.7 Å². The highest BCUT2D eigenvalue weighted by Crippen LogP contribution is 2.54. The Bertz CT molecular complexity index is 2260. The molecule has 53 heavy (non-hydrogen) atoms. The monoisotopic (exact) mass is 710 g/mol. The lowest BCUT2D eigenvalue weighted by atomic mass is 10.1. The van der Waals surface area contributed by atoms with Gasteiger partial charge >= 0.3 is 29.8 Å². The number of phenolic OH excluding ortho intramolecular Hbond substituents is 1. The number of para-hydroxylation sites is 1. The number of rotatable bonds is 11. The quantitative estimate of drug-likeness (QED) is 0.0614. The van der Waals surface area contributed by atoms with Crippen molar-refractivity contribution in [2.75, 3.05) is 0 Å². The minimum atomic E-state index is -1.50.